The average molecular weight is 478 g/mol. The van der Waals surface area contributed by atoms with E-state index in [0.29, 0.717) is 22.4 Å². The van der Waals surface area contributed by atoms with E-state index >= 15 is 0 Å². The number of carbonyl (C=O) groups excluding carboxylic acids is 1. The van der Waals surface area contributed by atoms with E-state index in [0.717, 1.165) is 29.5 Å². The van der Waals surface area contributed by atoms with Crippen LogP contribution in [-0.4, -0.2) is 30.3 Å². The molecule has 5 rings (SSSR count). The zero-order valence-corrected chi connectivity index (χ0v) is 18.0. The van der Waals surface area contributed by atoms with E-state index in [1.807, 2.05) is 12.1 Å². The second-order valence-electron chi connectivity index (χ2n) is 7.84. The minimum atomic E-state index is -4.49. The van der Waals surface area contributed by atoms with Crippen LogP contribution in [0.2, 0.25) is 0 Å². The van der Waals surface area contributed by atoms with Gasteiger partial charge in [0.1, 0.15) is 17.6 Å². The zero-order chi connectivity index (χ0) is 24.6. The number of fused-ring (bicyclic) bond motifs is 1. The number of nitrogen functional groups attached to an aromatic ring is 1. The Balaban J connectivity index is 1.40. The van der Waals surface area contributed by atoms with Gasteiger partial charge in [-0.1, -0.05) is 24.3 Å². The van der Waals surface area contributed by atoms with Gasteiger partial charge in [0, 0.05) is 42.1 Å². The van der Waals surface area contributed by atoms with Crippen LogP contribution in [0.15, 0.2) is 72.1 Å². The molecule has 176 valence electrons. The molecule has 0 bridgehead atoms. The van der Waals surface area contributed by atoms with Gasteiger partial charge in [-0.2, -0.15) is 18.3 Å². The number of benzene rings is 1. The van der Waals surface area contributed by atoms with Gasteiger partial charge >= 0.3 is 6.18 Å². The smallest absolute Gasteiger partial charge is 0.416 e. The molecule has 0 saturated heterocycles. The van der Waals surface area contributed by atoms with Crippen LogP contribution < -0.4 is 5.73 Å². The minimum Gasteiger partial charge on any atom is -0.443 e. The average Bonchev–Trinajstić information content (AvgIpc) is 3.48. The highest BCUT2D eigenvalue weighted by Crippen LogP contribution is 2.38. The van der Waals surface area contributed by atoms with Gasteiger partial charge in [0.2, 0.25) is 0 Å². The molecule has 0 aliphatic heterocycles. The Kier molecular flexibility index (Phi) is 5.51. The maximum Gasteiger partial charge on any atom is 0.416 e. The number of halogens is 3. The van der Waals surface area contributed by atoms with E-state index < -0.39 is 11.7 Å². The molecule has 35 heavy (non-hydrogen) atoms. The van der Waals surface area contributed by atoms with Gasteiger partial charge in [-0.25, -0.2) is 14.5 Å². The third-order valence-corrected chi connectivity index (χ3v) is 5.47. The molecule has 0 saturated carbocycles. The molecule has 11 heteroatoms. The number of aromatic nitrogens is 5. The minimum absolute atomic E-state index is 0.0505. The van der Waals surface area contributed by atoms with E-state index in [1.165, 1.54) is 12.7 Å². The molecule has 4 aromatic heterocycles. The van der Waals surface area contributed by atoms with Crippen molar-refractivity contribution < 1.29 is 22.4 Å². The van der Waals surface area contributed by atoms with E-state index in [9.17, 15) is 18.0 Å². The second kappa shape index (κ2) is 8.67. The number of nitrogens with two attached hydrogens (primary N) is 1. The number of hydrogen-bond acceptors (Lipinski definition) is 7. The molecule has 1 aromatic carbocycles. The maximum absolute atomic E-state index is 12.9. The summed E-state index contributed by atoms with van der Waals surface area (Å²) in [6, 6.07) is 8.99. The first-order valence-electron chi connectivity index (χ1n) is 10.4. The summed E-state index contributed by atoms with van der Waals surface area (Å²) in [6.45, 7) is 0. The summed E-state index contributed by atoms with van der Waals surface area (Å²) in [5, 5.41) is 4.22. The van der Waals surface area contributed by atoms with Crippen LogP contribution in [0.4, 0.5) is 19.0 Å². The van der Waals surface area contributed by atoms with Gasteiger partial charge in [-0.05, 0) is 23.3 Å². The van der Waals surface area contributed by atoms with Crippen molar-refractivity contribution >= 4 is 17.1 Å². The van der Waals surface area contributed by atoms with Crippen molar-refractivity contribution in [2.24, 2.45) is 0 Å². The molecule has 0 amide bonds. The van der Waals surface area contributed by atoms with Crippen molar-refractivity contribution in [3.63, 3.8) is 0 Å². The molecule has 2 N–H and O–H groups in total. The fourth-order valence-corrected chi connectivity index (χ4v) is 3.90. The van der Waals surface area contributed by atoms with Crippen LogP contribution in [0.5, 0.6) is 0 Å². The number of carbonyl (C=O) groups is 1. The predicted molar refractivity (Wildman–Crippen MR) is 120 cm³/mol. The number of alkyl halides is 3. The lowest BCUT2D eigenvalue weighted by Crippen LogP contribution is -2.10. The van der Waals surface area contributed by atoms with Crippen LogP contribution in [0.25, 0.3) is 28.0 Å². The third kappa shape index (κ3) is 4.47. The summed E-state index contributed by atoms with van der Waals surface area (Å²) in [6.07, 6.45) is 2.45. The van der Waals surface area contributed by atoms with Crippen molar-refractivity contribution in [3.8, 4) is 22.5 Å². The Bertz CT molecular complexity index is 1510. The highest BCUT2D eigenvalue weighted by molar-refractivity contribution is 5.97. The number of ketones is 1. The molecular weight excluding hydrogens is 461 g/mol. The van der Waals surface area contributed by atoms with Crippen molar-refractivity contribution in [1.82, 2.24) is 24.6 Å². The summed E-state index contributed by atoms with van der Waals surface area (Å²) < 4.78 is 45.8. The summed E-state index contributed by atoms with van der Waals surface area (Å²) >= 11 is 0. The van der Waals surface area contributed by atoms with Crippen molar-refractivity contribution in [1.29, 1.82) is 0 Å². The number of Topliss-reactive ketones (excluding diaryl/α,β-unsaturated/α-hetero) is 1. The summed E-state index contributed by atoms with van der Waals surface area (Å²) in [7, 11) is 0. The molecule has 0 spiro atoms. The lowest BCUT2D eigenvalue weighted by Gasteiger charge is -2.08. The van der Waals surface area contributed by atoms with E-state index in [-0.39, 0.29) is 30.1 Å². The van der Waals surface area contributed by atoms with Gasteiger partial charge < -0.3 is 10.2 Å². The number of oxazole rings is 1. The molecule has 0 radical (unpaired) electrons. The number of nitrogens with zero attached hydrogens (tertiary/aromatic N) is 5. The summed E-state index contributed by atoms with van der Waals surface area (Å²) in [5.74, 6) is 0.560. The first-order chi connectivity index (χ1) is 16.8. The number of hydrogen-bond donors (Lipinski definition) is 1. The predicted octanol–water partition coefficient (Wildman–Crippen LogP) is 4.40. The van der Waals surface area contributed by atoms with Crippen LogP contribution >= 0.6 is 0 Å². The Morgan fingerprint density at radius 1 is 1.09 bits per heavy atom. The molecule has 0 fully saturated rings. The molecule has 5 aromatic rings. The SMILES string of the molecule is Nc1ncnn2cc(-c3cnco3)c(-c3ccc(CC(=O)Cc4cc(C(F)(F)F)ccn4)cc3)c12. The Morgan fingerprint density at radius 3 is 2.60 bits per heavy atom. The molecule has 0 atom stereocenters. The Labute approximate surface area is 196 Å². The van der Waals surface area contributed by atoms with Crippen molar-refractivity contribution in [3.05, 3.63) is 84.5 Å². The first kappa shape index (κ1) is 22.3. The molecule has 0 aliphatic carbocycles. The van der Waals surface area contributed by atoms with Gasteiger partial charge in [0.05, 0.1) is 11.8 Å². The molecular formula is C24H17F3N6O2. The molecule has 0 aliphatic rings. The Hall–Kier alpha value is -4.54. The fourth-order valence-electron chi connectivity index (χ4n) is 3.90. The van der Waals surface area contributed by atoms with E-state index in [1.54, 1.807) is 29.0 Å². The second-order valence-corrected chi connectivity index (χ2v) is 7.84. The van der Waals surface area contributed by atoms with E-state index in [4.69, 9.17) is 10.2 Å². The van der Waals surface area contributed by atoms with Crippen LogP contribution in [0.1, 0.15) is 16.8 Å². The highest BCUT2D eigenvalue weighted by atomic mass is 19.4. The lowest BCUT2D eigenvalue weighted by molar-refractivity contribution is -0.137. The zero-order valence-electron chi connectivity index (χ0n) is 18.0. The number of anilines is 1. The Morgan fingerprint density at radius 2 is 1.89 bits per heavy atom. The fraction of sp³-hybridized carbons (Fsp3) is 0.125. The standard InChI is InChI=1S/C24H17F3N6O2/c25-24(26,27)16-5-6-30-17(8-16)9-18(34)7-14-1-3-15(4-2-14)21-19(20-10-29-13-35-20)11-33-22(21)23(28)31-12-32-33/h1-6,8,10-13H,7,9H2,(H2,28,31,32). The third-order valence-electron chi connectivity index (χ3n) is 5.47. The molecule has 0 unspecified atom stereocenters. The van der Waals surface area contributed by atoms with Crippen molar-refractivity contribution in [2.45, 2.75) is 19.0 Å². The van der Waals surface area contributed by atoms with Gasteiger partial charge in [0.25, 0.3) is 0 Å². The topological polar surface area (TPSA) is 112 Å². The van der Waals surface area contributed by atoms with E-state index in [2.05, 4.69) is 20.1 Å². The van der Waals surface area contributed by atoms with Crippen molar-refractivity contribution in [2.75, 3.05) is 5.73 Å². The van der Waals surface area contributed by atoms with Crippen LogP contribution in [0, 0.1) is 0 Å². The number of rotatable bonds is 6. The first-order valence-corrected chi connectivity index (χ1v) is 10.4. The van der Waals surface area contributed by atoms with Crippen LogP contribution in [0.3, 0.4) is 0 Å². The monoisotopic (exact) mass is 478 g/mol. The quantitative estimate of drug-likeness (QED) is 0.385. The van der Waals surface area contributed by atoms with Gasteiger partial charge in [-0.15, -0.1) is 0 Å². The van der Waals surface area contributed by atoms with Gasteiger partial charge in [0.15, 0.2) is 18.0 Å². The summed E-state index contributed by atoms with van der Waals surface area (Å²) in [4.78, 5) is 24.5. The molecule has 8 nitrogen and oxygen atoms in total. The van der Waals surface area contributed by atoms with Crippen LogP contribution in [-0.2, 0) is 23.8 Å². The normalized spacial score (nSPS) is 11.7. The summed E-state index contributed by atoms with van der Waals surface area (Å²) in [5.41, 5.74) is 8.93. The highest BCUT2D eigenvalue weighted by Gasteiger charge is 2.30. The molecule has 4 heterocycles. The maximum atomic E-state index is 12.9. The van der Waals surface area contributed by atoms with Gasteiger partial charge in [-0.3, -0.25) is 9.78 Å². The largest absolute Gasteiger partial charge is 0.443 e. The number of pyridine rings is 1. The lowest BCUT2D eigenvalue weighted by atomic mass is 9.98.